The van der Waals surface area contributed by atoms with Gasteiger partial charge in [0.15, 0.2) is 5.82 Å². The first-order valence-electron chi connectivity index (χ1n) is 15.9. The molecule has 9 rings (SSSR count). The van der Waals surface area contributed by atoms with Crippen molar-refractivity contribution in [3.05, 3.63) is 163 Å². The van der Waals surface area contributed by atoms with E-state index in [1.54, 1.807) is 0 Å². The summed E-state index contributed by atoms with van der Waals surface area (Å²) in [5.41, 5.74) is 13.7. The molecule has 0 saturated carbocycles. The third kappa shape index (κ3) is 3.92. The number of benzene rings is 6. The predicted molar refractivity (Wildman–Crippen MR) is 190 cm³/mol. The quantitative estimate of drug-likeness (QED) is 0.204. The maximum absolute atomic E-state index is 5.34. The van der Waals surface area contributed by atoms with E-state index in [4.69, 9.17) is 9.97 Å². The van der Waals surface area contributed by atoms with Crippen LogP contribution in [0, 0.1) is 0 Å². The maximum Gasteiger partial charge on any atom is 0.160 e. The fourth-order valence-corrected chi connectivity index (χ4v) is 7.43. The fourth-order valence-electron chi connectivity index (χ4n) is 7.43. The summed E-state index contributed by atoms with van der Waals surface area (Å²) in [6.45, 7) is 4.71. The number of nitrogens with zero attached hydrogens (tertiary/aromatic N) is 3. The van der Waals surface area contributed by atoms with Gasteiger partial charge in [0.25, 0.3) is 0 Å². The number of hydrogen-bond donors (Lipinski definition) is 0. The summed E-state index contributed by atoms with van der Waals surface area (Å²) in [6.07, 6.45) is 0. The third-order valence-electron chi connectivity index (χ3n) is 9.60. The van der Waals surface area contributed by atoms with Gasteiger partial charge in [0.1, 0.15) is 0 Å². The van der Waals surface area contributed by atoms with E-state index in [2.05, 4.69) is 146 Å². The van der Waals surface area contributed by atoms with Crippen LogP contribution in [-0.4, -0.2) is 14.5 Å². The molecule has 8 aromatic rings. The van der Waals surface area contributed by atoms with Crippen LogP contribution < -0.4 is 0 Å². The Labute approximate surface area is 268 Å². The molecule has 2 aromatic heterocycles. The van der Waals surface area contributed by atoms with Crippen molar-refractivity contribution in [2.24, 2.45) is 0 Å². The topological polar surface area (TPSA) is 30.7 Å². The summed E-state index contributed by atoms with van der Waals surface area (Å²) < 4.78 is 2.46. The number of aromatic nitrogens is 3. The Morgan fingerprint density at radius 1 is 0.522 bits per heavy atom. The second-order valence-corrected chi connectivity index (χ2v) is 12.6. The van der Waals surface area contributed by atoms with Crippen LogP contribution in [0.5, 0.6) is 0 Å². The molecule has 0 bridgehead atoms. The fraction of sp³-hybridized carbons (Fsp3) is 0.0698. The van der Waals surface area contributed by atoms with Crippen molar-refractivity contribution < 1.29 is 0 Å². The first-order valence-corrected chi connectivity index (χ1v) is 15.9. The van der Waals surface area contributed by atoms with Gasteiger partial charge in [-0.1, -0.05) is 135 Å². The first-order chi connectivity index (χ1) is 22.6. The van der Waals surface area contributed by atoms with Crippen LogP contribution in [0.15, 0.2) is 152 Å². The molecular weight excluding hydrogens is 558 g/mol. The largest absolute Gasteiger partial charge is 0.309 e. The molecule has 0 aliphatic heterocycles. The molecule has 0 amide bonds. The minimum atomic E-state index is -0.190. The van der Waals surface area contributed by atoms with Gasteiger partial charge in [0.05, 0.1) is 22.4 Å². The Balaban J connectivity index is 1.47. The molecule has 1 aliphatic rings. The minimum Gasteiger partial charge on any atom is -0.309 e. The van der Waals surface area contributed by atoms with Gasteiger partial charge in [-0.3, -0.25) is 0 Å². The molecule has 3 nitrogen and oxygen atoms in total. The summed E-state index contributed by atoms with van der Waals surface area (Å²) in [5.74, 6) is 0.722. The molecule has 218 valence electrons. The predicted octanol–water partition coefficient (Wildman–Crippen LogP) is 10.9. The number of fused-ring (bicyclic) bond motifs is 7. The Morgan fingerprint density at radius 3 is 1.89 bits per heavy atom. The number of rotatable bonds is 4. The van der Waals surface area contributed by atoms with Crippen LogP contribution in [-0.2, 0) is 5.41 Å². The molecule has 0 spiro atoms. The van der Waals surface area contributed by atoms with Crippen molar-refractivity contribution >= 4 is 21.8 Å². The van der Waals surface area contributed by atoms with Crippen LogP contribution >= 0.6 is 0 Å². The highest BCUT2D eigenvalue weighted by Gasteiger charge is 2.39. The average molecular weight is 590 g/mol. The first kappa shape index (κ1) is 26.6. The van der Waals surface area contributed by atoms with Crippen molar-refractivity contribution in [1.82, 2.24) is 14.5 Å². The van der Waals surface area contributed by atoms with Crippen LogP contribution in [0.1, 0.15) is 25.0 Å². The number of hydrogen-bond acceptors (Lipinski definition) is 2. The second kappa shape index (κ2) is 10.1. The van der Waals surface area contributed by atoms with Gasteiger partial charge >= 0.3 is 0 Å². The summed E-state index contributed by atoms with van der Waals surface area (Å²) in [5, 5.41) is 2.42. The molecular formula is C43H31N3. The Hall–Kier alpha value is -5.80. The van der Waals surface area contributed by atoms with E-state index in [-0.39, 0.29) is 5.41 Å². The highest BCUT2D eigenvalue weighted by atomic mass is 15.0. The Bertz CT molecular complexity index is 2360. The SMILES string of the molecule is CC1(C)c2ccccc2-c2c1cc(-c1cc(-c3ccccc3)nc(-c3ccccc3)n1)c1c3ccccc3n(-c3ccccc3)c21. The summed E-state index contributed by atoms with van der Waals surface area (Å²) in [4.78, 5) is 10.5. The van der Waals surface area contributed by atoms with Gasteiger partial charge in [-0.05, 0) is 47.0 Å². The van der Waals surface area contributed by atoms with E-state index >= 15 is 0 Å². The number of para-hydroxylation sites is 2. The molecule has 6 aromatic carbocycles. The molecule has 1 aliphatic carbocycles. The highest BCUT2D eigenvalue weighted by Crippen LogP contribution is 2.55. The monoisotopic (exact) mass is 589 g/mol. The van der Waals surface area contributed by atoms with Crippen LogP contribution in [0.2, 0.25) is 0 Å². The summed E-state index contributed by atoms with van der Waals surface area (Å²) >= 11 is 0. The van der Waals surface area contributed by atoms with Crippen molar-refractivity contribution in [1.29, 1.82) is 0 Å². The van der Waals surface area contributed by atoms with E-state index in [1.165, 1.54) is 44.1 Å². The van der Waals surface area contributed by atoms with E-state index in [9.17, 15) is 0 Å². The van der Waals surface area contributed by atoms with Gasteiger partial charge in [-0.25, -0.2) is 9.97 Å². The Kier molecular flexibility index (Phi) is 5.85. The van der Waals surface area contributed by atoms with E-state index in [1.807, 2.05) is 24.3 Å². The van der Waals surface area contributed by atoms with Gasteiger partial charge in [0.2, 0.25) is 0 Å². The molecule has 3 heteroatoms. The van der Waals surface area contributed by atoms with Gasteiger partial charge in [-0.15, -0.1) is 0 Å². The summed E-state index contributed by atoms with van der Waals surface area (Å²) in [6, 6.07) is 53.8. The molecule has 0 fully saturated rings. The lowest BCUT2D eigenvalue weighted by Crippen LogP contribution is -2.15. The zero-order valence-corrected chi connectivity index (χ0v) is 25.8. The van der Waals surface area contributed by atoms with E-state index in [0.717, 1.165) is 39.6 Å². The lowest BCUT2D eigenvalue weighted by Gasteiger charge is -2.23. The van der Waals surface area contributed by atoms with Gasteiger partial charge in [-0.2, -0.15) is 0 Å². The average Bonchev–Trinajstić information content (AvgIpc) is 3.58. The van der Waals surface area contributed by atoms with Gasteiger partial charge in [0, 0.05) is 44.1 Å². The zero-order valence-electron chi connectivity index (χ0n) is 25.8. The van der Waals surface area contributed by atoms with Crippen LogP contribution in [0.25, 0.3) is 72.5 Å². The van der Waals surface area contributed by atoms with Crippen LogP contribution in [0.3, 0.4) is 0 Å². The second-order valence-electron chi connectivity index (χ2n) is 12.6. The molecule has 0 radical (unpaired) electrons. The lowest BCUT2D eigenvalue weighted by molar-refractivity contribution is 0.661. The van der Waals surface area contributed by atoms with Crippen molar-refractivity contribution in [2.75, 3.05) is 0 Å². The Morgan fingerprint density at radius 2 is 1.13 bits per heavy atom. The van der Waals surface area contributed by atoms with Gasteiger partial charge < -0.3 is 4.57 Å². The molecule has 0 unspecified atom stereocenters. The molecule has 2 heterocycles. The van der Waals surface area contributed by atoms with Crippen molar-refractivity contribution in [3.63, 3.8) is 0 Å². The standard InChI is InChI=1S/C43H31N3/c1-43(2)34-24-14-12-22-31(34)40-35(43)26-33(39-32-23-13-15-25-38(32)46(41(39)40)30-20-10-5-11-21-30)37-27-36(28-16-6-3-7-17-28)44-42(45-37)29-18-8-4-9-19-29/h3-27H,1-2H3. The lowest BCUT2D eigenvalue weighted by atomic mass is 9.81. The zero-order chi connectivity index (χ0) is 30.8. The molecule has 0 saturated heterocycles. The molecule has 46 heavy (non-hydrogen) atoms. The van der Waals surface area contributed by atoms with E-state index < -0.39 is 0 Å². The highest BCUT2D eigenvalue weighted by molar-refractivity contribution is 6.21. The van der Waals surface area contributed by atoms with Crippen molar-refractivity contribution in [3.8, 4) is 50.7 Å². The maximum atomic E-state index is 5.34. The molecule has 0 atom stereocenters. The van der Waals surface area contributed by atoms with Crippen LogP contribution in [0.4, 0.5) is 0 Å². The normalized spacial score (nSPS) is 13.2. The minimum absolute atomic E-state index is 0.190. The molecule has 0 N–H and O–H groups in total. The smallest absolute Gasteiger partial charge is 0.160 e. The van der Waals surface area contributed by atoms with Crippen molar-refractivity contribution in [2.45, 2.75) is 19.3 Å². The third-order valence-corrected chi connectivity index (χ3v) is 9.60. The summed E-state index contributed by atoms with van der Waals surface area (Å²) in [7, 11) is 0. The van der Waals surface area contributed by atoms with E-state index in [0.29, 0.717) is 0 Å².